The Kier molecular flexibility index (Phi) is 7.59. The first kappa shape index (κ1) is 27.1. The lowest BCUT2D eigenvalue weighted by atomic mass is 9.96. The molecule has 1 saturated carbocycles. The summed E-state index contributed by atoms with van der Waals surface area (Å²) in [5, 5.41) is 9.71. The Labute approximate surface area is 224 Å². The van der Waals surface area contributed by atoms with E-state index >= 15 is 0 Å². The number of halogens is 5. The number of rotatable bonds is 7. The number of pyridine rings is 1. The first-order valence-electron chi connectivity index (χ1n) is 13.0. The minimum atomic E-state index is -4.53. The van der Waals surface area contributed by atoms with Gasteiger partial charge in [-0.25, -0.2) is 9.37 Å². The van der Waals surface area contributed by atoms with E-state index in [2.05, 4.69) is 9.88 Å². The molecule has 0 unspecified atom stereocenters. The molecule has 4 atom stereocenters. The van der Waals surface area contributed by atoms with E-state index in [1.165, 1.54) is 25.1 Å². The molecule has 3 aliphatic rings. The number of piperidine rings is 1. The van der Waals surface area contributed by atoms with Crippen LogP contribution in [-0.2, 0) is 11.0 Å². The lowest BCUT2D eigenvalue weighted by Crippen LogP contribution is -2.53. The van der Waals surface area contributed by atoms with Gasteiger partial charge in [0.2, 0.25) is 5.91 Å². The Bertz CT molecular complexity index is 1200. The Hall–Kier alpha value is -2.43. The van der Waals surface area contributed by atoms with Gasteiger partial charge in [-0.3, -0.25) is 4.79 Å². The number of benzene rings is 1. The van der Waals surface area contributed by atoms with Crippen molar-refractivity contribution in [2.75, 3.05) is 36.0 Å². The maximum absolute atomic E-state index is 14.2. The predicted molar refractivity (Wildman–Crippen MR) is 137 cm³/mol. The van der Waals surface area contributed by atoms with Gasteiger partial charge in [0.15, 0.2) is 0 Å². The minimum Gasteiger partial charge on any atom is -0.392 e. The lowest BCUT2D eigenvalue weighted by Gasteiger charge is -2.38. The fourth-order valence-electron chi connectivity index (χ4n) is 6.23. The van der Waals surface area contributed by atoms with Crippen LogP contribution in [0.4, 0.5) is 29.1 Å². The number of anilines is 2. The monoisotopic (exact) mass is 554 g/mol. The molecule has 1 aromatic heterocycles. The van der Waals surface area contributed by atoms with Gasteiger partial charge >= 0.3 is 6.18 Å². The summed E-state index contributed by atoms with van der Waals surface area (Å²) >= 11 is 6.07. The number of likely N-dealkylation sites (tertiary alicyclic amines) is 1. The van der Waals surface area contributed by atoms with Gasteiger partial charge in [0, 0.05) is 37.1 Å². The molecular formula is C27H31ClF4N4O2. The molecule has 6 nitrogen and oxygen atoms in total. The van der Waals surface area contributed by atoms with Crippen molar-refractivity contribution in [1.29, 1.82) is 0 Å². The number of hydrogen-bond acceptors (Lipinski definition) is 5. The molecule has 3 heterocycles. The Balaban J connectivity index is 1.45. The highest BCUT2D eigenvalue weighted by molar-refractivity contribution is 6.31. The molecule has 1 N–H and O–H groups in total. The minimum absolute atomic E-state index is 0.0173. The molecule has 0 radical (unpaired) electrons. The summed E-state index contributed by atoms with van der Waals surface area (Å²) in [6.45, 7) is 3.87. The van der Waals surface area contributed by atoms with Gasteiger partial charge in [-0.05, 0) is 81.8 Å². The Morgan fingerprint density at radius 1 is 1.21 bits per heavy atom. The quantitative estimate of drug-likeness (QED) is 0.486. The highest BCUT2D eigenvalue weighted by Gasteiger charge is 2.51. The Morgan fingerprint density at radius 3 is 2.68 bits per heavy atom. The normalized spacial score (nSPS) is 25.4. The number of aromatic nitrogens is 1. The van der Waals surface area contributed by atoms with Crippen molar-refractivity contribution in [1.82, 2.24) is 9.88 Å². The highest BCUT2D eigenvalue weighted by Crippen LogP contribution is 2.46. The number of amides is 1. The molecule has 1 amide bonds. The van der Waals surface area contributed by atoms with Gasteiger partial charge in [-0.15, -0.1) is 0 Å². The van der Waals surface area contributed by atoms with Crippen LogP contribution in [0, 0.1) is 18.7 Å². The zero-order valence-corrected chi connectivity index (χ0v) is 21.9. The van der Waals surface area contributed by atoms with Crippen molar-refractivity contribution in [2.45, 2.75) is 63.4 Å². The van der Waals surface area contributed by atoms with E-state index in [0.717, 1.165) is 31.5 Å². The smallest absolute Gasteiger partial charge is 0.392 e. The van der Waals surface area contributed by atoms with Crippen molar-refractivity contribution >= 4 is 29.0 Å². The van der Waals surface area contributed by atoms with Crippen LogP contribution < -0.4 is 9.80 Å². The van der Waals surface area contributed by atoms with E-state index in [-0.39, 0.29) is 40.5 Å². The summed E-state index contributed by atoms with van der Waals surface area (Å²) in [6.07, 6.45) is -1.27. The SMILES string of the molecule is Cc1cc(C(F)(F)F)cc(N2[C@@H]3CC[C@@H](C3)[C@H]2C(=O)N(CCCN2CC[C@H](O)C2)c2ccc(F)c(Cl)c2)n1. The fraction of sp³-hybridized carbons (Fsp3) is 0.556. The van der Waals surface area contributed by atoms with E-state index in [4.69, 9.17) is 11.6 Å². The van der Waals surface area contributed by atoms with E-state index in [1.54, 1.807) is 9.80 Å². The topological polar surface area (TPSA) is 59.9 Å². The van der Waals surface area contributed by atoms with Gasteiger partial charge < -0.3 is 19.8 Å². The van der Waals surface area contributed by atoms with Crippen molar-refractivity contribution in [3.05, 3.63) is 52.4 Å². The number of carbonyl (C=O) groups is 1. The van der Waals surface area contributed by atoms with Crippen LogP contribution in [-0.4, -0.2) is 65.3 Å². The van der Waals surface area contributed by atoms with Crippen LogP contribution in [0.2, 0.25) is 5.02 Å². The number of aliphatic hydroxyl groups excluding tert-OH is 1. The molecular weight excluding hydrogens is 524 g/mol. The number of nitrogens with zero attached hydrogens (tertiary/aromatic N) is 4. The fourth-order valence-corrected chi connectivity index (χ4v) is 6.40. The number of hydrogen-bond donors (Lipinski definition) is 1. The van der Waals surface area contributed by atoms with Crippen LogP contribution in [0.25, 0.3) is 0 Å². The number of alkyl halides is 3. The molecule has 3 fully saturated rings. The second-order valence-corrected chi connectivity index (χ2v) is 11.0. The van der Waals surface area contributed by atoms with E-state index in [1.807, 2.05) is 0 Å². The van der Waals surface area contributed by atoms with Crippen molar-refractivity contribution in [3.63, 3.8) is 0 Å². The maximum Gasteiger partial charge on any atom is 0.416 e. The lowest BCUT2D eigenvalue weighted by molar-refractivity contribution is -0.137. The van der Waals surface area contributed by atoms with Gasteiger partial charge in [-0.2, -0.15) is 13.2 Å². The molecule has 2 bridgehead atoms. The zero-order chi connectivity index (χ0) is 27.2. The molecule has 1 aliphatic carbocycles. The zero-order valence-electron chi connectivity index (χ0n) is 21.1. The highest BCUT2D eigenvalue weighted by atomic mass is 35.5. The number of aryl methyl sites for hydroxylation is 1. The second-order valence-electron chi connectivity index (χ2n) is 10.6. The number of fused-ring (bicyclic) bond motifs is 2. The molecule has 206 valence electrons. The molecule has 0 spiro atoms. The van der Waals surface area contributed by atoms with Gasteiger partial charge in [0.05, 0.1) is 16.7 Å². The molecule has 2 aromatic rings. The number of β-amino-alcohol motifs (C(OH)–C–C–N with tert-alkyl or cyclic N) is 1. The van der Waals surface area contributed by atoms with Crippen LogP contribution in [0.15, 0.2) is 30.3 Å². The first-order valence-corrected chi connectivity index (χ1v) is 13.4. The molecule has 38 heavy (non-hydrogen) atoms. The van der Waals surface area contributed by atoms with Crippen molar-refractivity contribution in [2.24, 2.45) is 5.92 Å². The van der Waals surface area contributed by atoms with Crippen LogP contribution in [0.3, 0.4) is 0 Å². The van der Waals surface area contributed by atoms with Crippen LogP contribution in [0.5, 0.6) is 0 Å². The summed E-state index contributed by atoms with van der Waals surface area (Å²) in [5.74, 6) is -0.709. The summed E-state index contributed by atoms with van der Waals surface area (Å²) in [6, 6.07) is 5.42. The van der Waals surface area contributed by atoms with Gasteiger partial charge in [0.25, 0.3) is 0 Å². The van der Waals surface area contributed by atoms with Crippen molar-refractivity contribution in [3.8, 4) is 0 Å². The van der Waals surface area contributed by atoms with Crippen molar-refractivity contribution < 1.29 is 27.5 Å². The largest absolute Gasteiger partial charge is 0.416 e. The molecule has 2 saturated heterocycles. The summed E-state index contributed by atoms with van der Waals surface area (Å²) in [7, 11) is 0. The molecule has 11 heteroatoms. The van der Waals surface area contributed by atoms with Gasteiger partial charge in [-0.1, -0.05) is 11.6 Å². The number of aliphatic hydroxyl groups is 1. The summed E-state index contributed by atoms with van der Waals surface area (Å²) < 4.78 is 54.8. The summed E-state index contributed by atoms with van der Waals surface area (Å²) in [5.41, 5.74) is -0.110. The van der Waals surface area contributed by atoms with Crippen LogP contribution in [0.1, 0.15) is 43.4 Å². The predicted octanol–water partition coefficient (Wildman–Crippen LogP) is 5.05. The molecule has 5 rings (SSSR count). The standard InChI is InChI=1S/C27H31ClF4N4O2/c1-16-11-18(27(30,31)32)13-24(33-16)36-20-4-3-17(12-20)25(36)26(38)35(19-5-6-23(29)22(28)14-19)9-2-8-34-10-7-21(37)15-34/h5-6,11,13-14,17,20-21,25,37H,2-4,7-10,12,15H2,1H3/t17-,20+,21-,25-/m0/s1. The second kappa shape index (κ2) is 10.6. The van der Waals surface area contributed by atoms with Gasteiger partial charge in [0.1, 0.15) is 17.7 Å². The third-order valence-corrected chi connectivity index (χ3v) is 8.24. The number of carbonyl (C=O) groups excluding carboxylic acids is 1. The third kappa shape index (κ3) is 5.49. The molecule has 1 aromatic carbocycles. The average Bonchev–Trinajstić information content (AvgIpc) is 3.58. The summed E-state index contributed by atoms with van der Waals surface area (Å²) in [4.78, 5) is 24.1. The third-order valence-electron chi connectivity index (χ3n) is 7.95. The first-order chi connectivity index (χ1) is 18.0. The maximum atomic E-state index is 14.2. The Morgan fingerprint density at radius 2 is 2.00 bits per heavy atom. The van der Waals surface area contributed by atoms with Crippen LogP contribution >= 0.6 is 11.6 Å². The molecule has 2 aliphatic heterocycles. The van der Waals surface area contributed by atoms with E-state index < -0.39 is 23.6 Å². The van der Waals surface area contributed by atoms with E-state index in [9.17, 15) is 27.5 Å². The van der Waals surface area contributed by atoms with E-state index in [0.29, 0.717) is 44.6 Å². The average molecular weight is 555 g/mol.